The number of aromatic amines is 1. The summed E-state index contributed by atoms with van der Waals surface area (Å²) in [5.74, 6) is 0.597. The summed E-state index contributed by atoms with van der Waals surface area (Å²) >= 11 is 0. The second kappa shape index (κ2) is 6.03. The van der Waals surface area contributed by atoms with E-state index in [1.807, 2.05) is 62.4 Å². The van der Waals surface area contributed by atoms with Crippen molar-refractivity contribution < 1.29 is 0 Å². The molecule has 7 heteroatoms. The van der Waals surface area contributed by atoms with Gasteiger partial charge < -0.3 is 11.1 Å². The van der Waals surface area contributed by atoms with E-state index >= 15 is 0 Å². The molecule has 4 rings (SSSR count). The second-order valence-electron chi connectivity index (χ2n) is 6.14. The lowest BCUT2D eigenvalue weighted by Crippen LogP contribution is -2.23. The molecule has 0 aliphatic rings. The van der Waals surface area contributed by atoms with Gasteiger partial charge in [0, 0.05) is 5.69 Å². The summed E-state index contributed by atoms with van der Waals surface area (Å²) < 4.78 is 1.54. The summed E-state index contributed by atoms with van der Waals surface area (Å²) in [6, 6.07) is 15.4. The number of para-hydroxylation sites is 2. The molecule has 130 valence electrons. The zero-order valence-electron chi connectivity index (χ0n) is 14.4. The first-order valence-electron chi connectivity index (χ1n) is 8.21. The van der Waals surface area contributed by atoms with Gasteiger partial charge in [0.1, 0.15) is 11.2 Å². The van der Waals surface area contributed by atoms with Crippen molar-refractivity contribution in [2.45, 2.75) is 13.8 Å². The Balaban J connectivity index is 2.02. The molecule has 0 atom stereocenters. The quantitative estimate of drug-likeness (QED) is 0.529. The predicted octanol–water partition coefficient (Wildman–Crippen LogP) is 3.05. The number of nitrogens with one attached hydrogen (secondary N) is 2. The molecule has 0 fully saturated rings. The topological polar surface area (TPSA) is 102 Å². The van der Waals surface area contributed by atoms with Crippen LogP contribution < -0.4 is 16.6 Å². The normalized spacial score (nSPS) is 11.0. The Hall–Kier alpha value is -3.61. The molecular weight excluding hydrogens is 328 g/mol. The van der Waals surface area contributed by atoms with Crippen LogP contribution >= 0.6 is 0 Å². The maximum Gasteiger partial charge on any atom is 0.272 e. The summed E-state index contributed by atoms with van der Waals surface area (Å²) in [5, 5.41) is 10.2. The van der Waals surface area contributed by atoms with Crippen LogP contribution in [0.2, 0.25) is 0 Å². The van der Waals surface area contributed by atoms with E-state index in [0.717, 1.165) is 22.5 Å². The Morgan fingerprint density at radius 2 is 1.73 bits per heavy atom. The van der Waals surface area contributed by atoms with Crippen LogP contribution in [0.4, 0.5) is 17.5 Å². The number of nitrogens with two attached hydrogens (primary N) is 1. The number of fused-ring (bicyclic) bond motifs is 1. The highest BCUT2D eigenvalue weighted by Crippen LogP contribution is 2.24. The van der Waals surface area contributed by atoms with Crippen molar-refractivity contribution in [1.29, 1.82) is 0 Å². The molecule has 0 spiro atoms. The molecule has 2 aromatic heterocycles. The van der Waals surface area contributed by atoms with Gasteiger partial charge in [0.25, 0.3) is 5.56 Å². The number of aromatic nitrogens is 4. The number of rotatable bonds is 3. The summed E-state index contributed by atoms with van der Waals surface area (Å²) in [5.41, 5.74) is 9.51. The summed E-state index contributed by atoms with van der Waals surface area (Å²) in [7, 11) is 0. The molecule has 0 saturated heterocycles. The SMILES string of the molecule is Cc1ccccc1Nc1nc2n[nH]c(N)c2c(=O)n1-c1ccccc1C. The fourth-order valence-corrected chi connectivity index (χ4v) is 2.95. The smallest absolute Gasteiger partial charge is 0.272 e. The summed E-state index contributed by atoms with van der Waals surface area (Å²) in [4.78, 5) is 17.7. The molecule has 2 heterocycles. The van der Waals surface area contributed by atoms with Gasteiger partial charge in [0.05, 0.1) is 5.69 Å². The minimum Gasteiger partial charge on any atom is -0.383 e. The van der Waals surface area contributed by atoms with E-state index in [4.69, 9.17) is 5.73 Å². The minimum absolute atomic E-state index is 0.210. The van der Waals surface area contributed by atoms with Crippen LogP contribution in [0.25, 0.3) is 16.7 Å². The largest absolute Gasteiger partial charge is 0.383 e. The number of H-pyrrole nitrogens is 1. The van der Waals surface area contributed by atoms with Crippen LogP contribution in [0.5, 0.6) is 0 Å². The highest BCUT2D eigenvalue weighted by molar-refractivity contribution is 5.86. The number of hydrogen-bond acceptors (Lipinski definition) is 5. The molecule has 0 aliphatic carbocycles. The molecule has 26 heavy (non-hydrogen) atoms. The van der Waals surface area contributed by atoms with Crippen molar-refractivity contribution in [3.8, 4) is 5.69 Å². The van der Waals surface area contributed by atoms with Gasteiger partial charge in [0.15, 0.2) is 5.65 Å². The first-order chi connectivity index (χ1) is 12.6. The molecular formula is C19H18N6O. The Kier molecular flexibility index (Phi) is 3.69. The average Bonchev–Trinajstić information content (AvgIpc) is 2.99. The fraction of sp³-hybridized carbons (Fsp3) is 0.105. The van der Waals surface area contributed by atoms with Gasteiger partial charge in [-0.1, -0.05) is 36.4 Å². The lowest BCUT2D eigenvalue weighted by molar-refractivity contribution is 0.959. The maximum atomic E-state index is 13.2. The number of nitrogen functional groups attached to an aromatic ring is 1. The van der Waals surface area contributed by atoms with Crippen LogP contribution in [-0.4, -0.2) is 19.7 Å². The monoisotopic (exact) mass is 346 g/mol. The number of benzene rings is 2. The zero-order valence-corrected chi connectivity index (χ0v) is 14.4. The average molecular weight is 346 g/mol. The van der Waals surface area contributed by atoms with Crippen molar-refractivity contribution in [3.05, 3.63) is 70.0 Å². The molecule has 0 radical (unpaired) electrons. The third-order valence-electron chi connectivity index (χ3n) is 4.36. The standard InChI is InChI=1S/C19H18N6O/c1-11-7-3-5-9-13(11)21-19-22-17-15(16(20)23-24-17)18(26)25(19)14-10-6-4-8-12(14)2/h3-10H,1-2H3,(H4,20,21,22,23,24). The number of aryl methyl sites for hydroxylation is 2. The van der Waals surface area contributed by atoms with Crippen molar-refractivity contribution >= 4 is 28.5 Å². The third-order valence-corrected chi connectivity index (χ3v) is 4.36. The van der Waals surface area contributed by atoms with Gasteiger partial charge in [-0.15, -0.1) is 0 Å². The molecule has 0 bridgehead atoms. The fourth-order valence-electron chi connectivity index (χ4n) is 2.95. The Morgan fingerprint density at radius 3 is 2.46 bits per heavy atom. The summed E-state index contributed by atoms with van der Waals surface area (Å²) in [6.45, 7) is 3.94. The molecule has 4 N–H and O–H groups in total. The van der Waals surface area contributed by atoms with Crippen molar-refractivity contribution in [3.63, 3.8) is 0 Å². The first-order valence-corrected chi connectivity index (χ1v) is 8.21. The van der Waals surface area contributed by atoms with Gasteiger partial charge >= 0.3 is 0 Å². The van der Waals surface area contributed by atoms with Gasteiger partial charge in [-0.25, -0.2) is 4.57 Å². The maximum absolute atomic E-state index is 13.2. The molecule has 0 unspecified atom stereocenters. The number of hydrogen-bond donors (Lipinski definition) is 3. The lowest BCUT2D eigenvalue weighted by Gasteiger charge is -2.16. The van der Waals surface area contributed by atoms with Crippen LogP contribution in [0.15, 0.2) is 53.3 Å². The molecule has 0 saturated carbocycles. The van der Waals surface area contributed by atoms with Crippen molar-refractivity contribution in [1.82, 2.24) is 19.7 Å². The molecule has 0 aliphatic heterocycles. The first kappa shape index (κ1) is 15.9. The van der Waals surface area contributed by atoms with Crippen LogP contribution in [0.3, 0.4) is 0 Å². The Bertz CT molecular complexity index is 1170. The van der Waals surface area contributed by atoms with Gasteiger partial charge in [-0.3, -0.25) is 9.89 Å². The Labute approximate surface area is 149 Å². The number of nitrogens with zero attached hydrogens (tertiary/aromatic N) is 3. The van der Waals surface area contributed by atoms with E-state index in [2.05, 4.69) is 20.5 Å². The van der Waals surface area contributed by atoms with E-state index in [1.165, 1.54) is 4.57 Å². The van der Waals surface area contributed by atoms with Crippen LogP contribution in [0, 0.1) is 13.8 Å². The third kappa shape index (κ3) is 2.50. The predicted molar refractivity (Wildman–Crippen MR) is 103 cm³/mol. The van der Waals surface area contributed by atoms with Crippen LogP contribution in [0.1, 0.15) is 11.1 Å². The highest BCUT2D eigenvalue weighted by atomic mass is 16.1. The van der Waals surface area contributed by atoms with E-state index in [9.17, 15) is 4.79 Å². The highest BCUT2D eigenvalue weighted by Gasteiger charge is 2.18. The lowest BCUT2D eigenvalue weighted by atomic mass is 10.2. The van der Waals surface area contributed by atoms with Gasteiger partial charge in [-0.05, 0) is 37.1 Å². The van der Waals surface area contributed by atoms with E-state index in [0.29, 0.717) is 5.95 Å². The molecule has 7 nitrogen and oxygen atoms in total. The van der Waals surface area contributed by atoms with Crippen LogP contribution in [-0.2, 0) is 0 Å². The summed E-state index contributed by atoms with van der Waals surface area (Å²) in [6.07, 6.45) is 0. The molecule has 0 amide bonds. The van der Waals surface area contributed by atoms with Gasteiger partial charge in [0.2, 0.25) is 5.95 Å². The van der Waals surface area contributed by atoms with E-state index in [-0.39, 0.29) is 22.4 Å². The Morgan fingerprint density at radius 1 is 1.04 bits per heavy atom. The number of anilines is 3. The van der Waals surface area contributed by atoms with Gasteiger partial charge in [-0.2, -0.15) is 10.1 Å². The molecule has 2 aromatic carbocycles. The second-order valence-corrected chi connectivity index (χ2v) is 6.14. The zero-order chi connectivity index (χ0) is 18.3. The van der Waals surface area contributed by atoms with Crippen molar-refractivity contribution in [2.24, 2.45) is 0 Å². The van der Waals surface area contributed by atoms with E-state index < -0.39 is 0 Å². The van der Waals surface area contributed by atoms with E-state index in [1.54, 1.807) is 0 Å². The van der Waals surface area contributed by atoms with Crippen molar-refractivity contribution in [2.75, 3.05) is 11.1 Å². The minimum atomic E-state index is -0.272. The molecule has 4 aromatic rings.